The lowest BCUT2D eigenvalue weighted by Gasteiger charge is -2.16. The number of methoxy groups -OCH3 is 1. The Bertz CT molecular complexity index is 782. The monoisotopic (exact) mass is 365 g/mol. The Balaban J connectivity index is 2.06. The zero-order valence-electron chi connectivity index (χ0n) is 14.1. The van der Waals surface area contributed by atoms with E-state index >= 15 is 0 Å². The molecule has 0 aliphatic heterocycles. The van der Waals surface area contributed by atoms with Crippen LogP contribution in [-0.2, 0) is 9.53 Å². The fourth-order valence-corrected chi connectivity index (χ4v) is 2.09. The number of nitrogens with one attached hydrogen (secondary N) is 1. The van der Waals surface area contributed by atoms with E-state index in [1.165, 1.54) is 38.3 Å². The van der Waals surface area contributed by atoms with Crippen molar-refractivity contribution in [2.75, 3.05) is 12.4 Å². The number of benzene rings is 2. The maximum atomic E-state index is 12.4. The fourth-order valence-electron chi connectivity index (χ4n) is 2.09. The first-order chi connectivity index (χ1) is 12.4. The molecule has 2 rings (SSSR count). The summed E-state index contributed by atoms with van der Waals surface area (Å²) in [6.45, 7) is -1.73. The summed E-state index contributed by atoms with van der Waals surface area (Å²) in [5, 5.41) is 2.57. The van der Waals surface area contributed by atoms with Crippen molar-refractivity contribution in [1.29, 1.82) is 0 Å². The van der Waals surface area contributed by atoms with Gasteiger partial charge in [0.2, 0.25) is 0 Å². The number of rotatable bonds is 7. The van der Waals surface area contributed by atoms with Gasteiger partial charge in [-0.3, -0.25) is 4.79 Å². The van der Waals surface area contributed by atoms with Crippen molar-refractivity contribution in [3.63, 3.8) is 0 Å². The van der Waals surface area contributed by atoms with Crippen LogP contribution in [0.25, 0.3) is 0 Å². The smallest absolute Gasteiger partial charge is 0.387 e. The minimum atomic E-state index is -3.09. The van der Waals surface area contributed by atoms with Crippen LogP contribution in [0.2, 0.25) is 0 Å². The van der Waals surface area contributed by atoms with Gasteiger partial charge in [0.05, 0.1) is 12.8 Å². The van der Waals surface area contributed by atoms with E-state index in [1.807, 2.05) is 0 Å². The largest absolute Gasteiger partial charge is 0.495 e. The minimum Gasteiger partial charge on any atom is -0.495 e. The lowest BCUT2D eigenvalue weighted by molar-refractivity contribution is -0.123. The summed E-state index contributed by atoms with van der Waals surface area (Å²) < 4.78 is 39.3. The van der Waals surface area contributed by atoms with E-state index in [0.717, 1.165) is 0 Å². The molecule has 0 unspecified atom stereocenters. The molecule has 2 aromatic rings. The fraction of sp³-hybridized carbons (Fsp3) is 0.222. The topological polar surface area (TPSA) is 73.9 Å². The van der Waals surface area contributed by atoms with Crippen LogP contribution in [0, 0.1) is 0 Å². The number of carbonyl (C=O) groups is 2. The average molecular weight is 365 g/mol. The minimum absolute atomic E-state index is 0.204. The molecule has 0 heterocycles. The van der Waals surface area contributed by atoms with Gasteiger partial charge in [-0.05, 0) is 31.2 Å². The molecule has 0 saturated heterocycles. The van der Waals surface area contributed by atoms with Gasteiger partial charge in [-0.15, -0.1) is 0 Å². The van der Waals surface area contributed by atoms with Crippen LogP contribution in [0.15, 0.2) is 48.5 Å². The van der Waals surface area contributed by atoms with Gasteiger partial charge in [0.15, 0.2) is 6.10 Å². The van der Waals surface area contributed by atoms with E-state index in [4.69, 9.17) is 9.47 Å². The van der Waals surface area contributed by atoms with Crippen molar-refractivity contribution in [1.82, 2.24) is 0 Å². The van der Waals surface area contributed by atoms with E-state index in [2.05, 4.69) is 10.1 Å². The SMILES string of the molecule is COc1ccccc1NC(=O)[C@@H](C)OC(=O)c1ccccc1OC(F)F. The molecule has 1 N–H and O–H groups in total. The molecule has 26 heavy (non-hydrogen) atoms. The van der Waals surface area contributed by atoms with Crippen molar-refractivity contribution in [3.05, 3.63) is 54.1 Å². The van der Waals surface area contributed by atoms with E-state index in [0.29, 0.717) is 11.4 Å². The average Bonchev–Trinajstić information content (AvgIpc) is 2.62. The quantitative estimate of drug-likeness (QED) is 0.761. The van der Waals surface area contributed by atoms with Crippen LogP contribution in [0.5, 0.6) is 11.5 Å². The molecular formula is C18H17F2NO5. The summed E-state index contributed by atoms with van der Waals surface area (Å²) in [6.07, 6.45) is -1.17. The van der Waals surface area contributed by atoms with Crippen molar-refractivity contribution >= 4 is 17.6 Å². The summed E-state index contributed by atoms with van der Waals surface area (Å²) in [4.78, 5) is 24.4. The first-order valence-corrected chi connectivity index (χ1v) is 7.61. The van der Waals surface area contributed by atoms with E-state index < -0.39 is 24.6 Å². The highest BCUT2D eigenvalue weighted by Gasteiger charge is 2.23. The number of carbonyl (C=O) groups excluding carboxylic acids is 2. The molecule has 1 amide bonds. The van der Waals surface area contributed by atoms with Crippen LogP contribution < -0.4 is 14.8 Å². The number of hydrogen-bond acceptors (Lipinski definition) is 5. The summed E-state index contributed by atoms with van der Waals surface area (Å²) >= 11 is 0. The van der Waals surface area contributed by atoms with Gasteiger partial charge in [0.25, 0.3) is 5.91 Å². The second kappa shape index (κ2) is 8.80. The van der Waals surface area contributed by atoms with Crippen LogP contribution >= 0.6 is 0 Å². The van der Waals surface area contributed by atoms with Crippen LogP contribution in [0.3, 0.4) is 0 Å². The molecule has 1 atom stereocenters. The lowest BCUT2D eigenvalue weighted by Crippen LogP contribution is -2.30. The predicted molar refractivity (Wildman–Crippen MR) is 89.6 cm³/mol. The van der Waals surface area contributed by atoms with Crippen molar-refractivity contribution < 1.29 is 32.6 Å². The van der Waals surface area contributed by atoms with Gasteiger partial charge in [0, 0.05) is 0 Å². The Morgan fingerprint density at radius 1 is 1.00 bits per heavy atom. The lowest BCUT2D eigenvalue weighted by atomic mass is 10.2. The first kappa shape index (κ1) is 19.2. The predicted octanol–water partition coefficient (Wildman–Crippen LogP) is 3.48. The Morgan fingerprint density at radius 2 is 1.62 bits per heavy atom. The molecule has 0 aliphatic carbocycles. The zero-order valence-corrected chi connectivity index (χ0v) is 14.1. The Kier molecular flexibility index (Phi) is 6.48. The molecule has 0 aliphatic rings. The number of esters is 1. The number of alkyl halides is 2. The van der Waals surface area contributed by atoms with Crippen LogP contribution in [0.4, 0.5) is 14.5 Å². The summed E-state index contributed by atoms with van der Waals surface area (Å²) in [6, 6.07) is 12.1. The number of amides is 1. The molecule has 0 bridgehead atoms. The number of halogens is 2. The van der Waals surface area contributed by atoms with Crippen LogP contribution in [-0.4, -0.2) is 31.7 Å². The standard InChI is InChI=1S/C18H17F2NO5/c1-11(16(22)21-13-8-4-6-10-15(13)24-2)25-17(23)12-7-3-5-9-14(12)26-18(19)20/h3-11,18H,1-2H3,(H,21,22)/t11-/m1/s1. The van der Waals surface area contributed by atoms with Crippen molar-refractivity contribution in [3.8, 4) is 11.5 Å². The van der Waals surface area contributed by atoms with Gasteiger partial charge in [-0.2, -0.15) is 8.78 Å². The van der Waals surface area contributed by atoms with E-state index in [9.17, 15) is 18.4 Å². The highest BCUT2D eigenvalue weighted by molar-refractivity contribution is 5.99. The van der Waals surface area contributed by atoms with Gasteiger partial charge in [0.1, 0.15) is 17.1 Å². The second-order valence-electron chi connectivity index (χ2n) is 5.11. The Hall–Kier alpha value is -3.16. The van der Waals surface area contributed by atoms with Gasteiger partial charge in [-0.1, -0.05) is 24.3 Å². The van der Waals surface area contributed by atoms with Gasteiger partial charge >= 0.3 is 12.6 Å². The highest BCUT2D eigenvalue weighted by atomic mass is 19.3. The highest BCUT2D eigenvalue weighted by Crippen LogP contribution is 2.24. The molecule has 0 spiro atoms. The summed E-state index contributed by atoms with van der Waals surface area (Å²) in [7, 11) is 1.45. The Morgan fingerprint density at radius 3 is 2.27 bits per heavy atom. The molecule has 0 radical (unpaired) electrons. The third kappa shape index (κ3) is 4.92. The molecule has 6 nitrogen and oxygen atoms in total. The number of ether oxygens (including phenoxy) is 3. The maximum absolute atomic E-state index is 12.4. The molecule has 8 heteroatoms. The van der Waals surface area contributed by atoms with E-state index in [-0.39, 0.29) is 11.3 Å². The number of para-hydroxylation sites is 3. The molecule has 0 aromatic heterocycles. The molecular weight excluding hydrogens is 348 g/mol. The number of hydrogen-bond donors (Lipinski definition) is 1. The molecule has 2 aromatic carbocycles. The van der Waals surface area contributed by atoms with Gasteiger partial charge < -0.3 is 19.5 Å². The third-order valence-electron chi connectivity index (χ3n) is 3.34. The zero-order chi connectivity index (χ0) is 19.1. The van der Waals surface area contributed by atoms with Gasteiger partial charge in [-0.25, -0.2) is 4.79 Å². The molecule has 0 saturated carbocycles. The maximum Gasteiger partial charge on any atom is 0.387 e. The summed E-state index contributed by atoms with van der Waals surface area (Å²) in [5.41, 5.74) is 0.203. The van der Waals surface area contributed by atoms with Crippen LogP contribution in [0.1, 0.15) is 17.3 Å². The Labute approximate surface area is 148 Å². The van der Waals surface area contributed by atoms with E-state index in [1.54, 1.807) is 24.3 Å². The normalized spacial score (nSPS) is 11.6. The van der Waals surface area contributed by atoms with Crippen molar-refractivity contribution in [2.45, 2.75) is 19.6 Å². The second-order valence-corrected chi connectivity index (χ2v) is 5.11. The number of anilines is 1. The van der Waals surface area contributed by atoms with Crippen molar-refractivity contribution in [2.24, 2.45) is 0 Å². The summed E-state index contributed by atoms with van der Waals surface area (Å²) in [5.74, 6) is -1.45. The third-order valence-corrected chi connectivity index (χ3v) is 3.34. The first-order valence-electron chi connectivity index (χ1n) is 7.61. The molecule has 0 fully saturated rings. The molecule has 138 valence electrons.